The van der Waals surface area contributed by atoms with E-state index in [-0.39, 0.29) is 31.2 Å². The third-order valence-electron chi connectivity index (χ3n) is 3.83. The van der Waals surface area contributed by atoms with E-state index in [9.17, 15) is 23.3 Å². The van der Waals surface area contributed by atoms with Gasteiger partial charge in [0.2, 0.25) is 5.70 Å². The molecule has 2 atom stereocenters. The summed E-state index contributed by atoms with van der Waals surface area (Å²) < 4.78 is 51.3. The number of alkyl halides is 3. The van der Waals surface area contributed by atoms with E-state index in [1.54, 1.807) is 6.07 Å². The highest BCUT2D eigenvalue weighted by Gasteiger charge is 2.44. The van der Waals surface area contributed by atoms with Crippen LogP contribution in [0.4, 0.5) is 13.2 Å². The van der Waals surface area contributed by atoms with Crippen LogP contribution >= 0.6 is 0 Å². The summed E-state index contributed by atoms with van der Waals surface area (Å²) in [6, 6.07) is 6.97. The summed E-state index contributed by atoms with van der Waals surface area (Å²) in [5.74, 6) is -0.766. The number of allylic oxidation sites excluding steroid dienone is 1. The van der Waals surface area contributed by atoms with Gasteiger partial charge in [0.1, 0.15) is 11.8 Å². The fourth-order valence-electron chi connectivity index (χ4n) is 2.66. The maximum Gasteiger partial charge on any atom is 0.573 e. The fourth-order valence-corrected chi connectivity index (χ4v) is 2.66. The van der Waals surface area contributed by atoms with E-state index >= 15 is 0 Å². The standard InChI is InChI=1S/C15H13F3N4O5/c16-15(17,18)27-10-3-1-9(2-4-10)7-25-11-6-21-12(5-19)13(22(23)24)20-14(21)26-8-11/h1-4,11,14,20H,6-8H2/t11-,14?/m0/s1. The Balaban J connectivity index is 1.57. The average Bonchev–Trinajstić information content (AvgIpc) is 2.98. The number of ether oxygens (including phenoxy) is 3. The lowest BCUT2D eigenvalue weighted by molar-refractivity contribution is -0.432. The van der Waals surface area contributed by atoms with Crippen LogP contribution in [0.1, 0.15) is 5.56 Å². The maximum absolute atomic E-state index is 12.1. The van der Waals surface area contributed by atoms with Gasteiger partial charge in [-0.25, -0.2) is 5.32 Å². The van der Waals surface area contributed by atoms with Crippen LogP contribution in [0.2, 0.25) is 0 Å². The third kappa shape index (κ3) is 4.39. The number of nitrogens with one attached hydrogen (secondary N) is 1. The summed E-state index contributed by atoms with van der Waals surface area (Å²) in [6.07, 6.45) is -6.05. The first-order valence-electron chi connectivity index (χ1n) is 7.66. The lowest BCUT2D eigenvalue weighted by Gasteiger charge is -2.33. The number of benzene rings is 1. The molecule has 1 fully saturated rings. The van der Waals surface area contributed by atoms with Crippen molar-refractivity contribution in [3.8, 4) is 11.8 Å². The Kier molecular flexibility index (Phi) is 5.06. The summed E-state index contributed by atoms with van der Waals surface area (Å²) in [7, 11) is 0. The van der Waals surface area contributed by atoms with E-state index in [1.807, 2.05) is 0 Å². The lowest BCUT2D eigenvalue weighted by Crippen LogP contribution is -2.51. The maximum atomic E-state index is 12.1. The molecule has 1 aromatic carbocycles. The zero-order valence-electron chi connectivity index (χ0n) is 13.6. The average molecular weight is 386 g/mol. The van der Waals surface area contributed by atoms with E-state index in [0.29, 0.717) is 5.56 Å². The minimum absolute atomic E-state index is 0.0833. The van der Waals surface area contributed by atoms with Crippen molar-refractivity contribution in [2.75, 3.05) is 13.2 Å². The minimum Gasteiger partial charge on any atom is -0.406 e. The quantitative estimate of drug-likeness (QED) is 0.601. The van der Waals surface area contributed by atoms with Crippen LogP contribution in [-0.2, 0) is 16.1 Å². The van der Waals surface area contributed by atoms with Crippen molar-refractivity contribution in [3.05, 3.63) is 51.5 Å². The predicted octanol–water partition coefficient (Wildman–Crippen LogP) is 1.66. The molecule has 1 aromatic rings. The number of rotatable bonds is 5. The predicted molar refractivity (Wildman–Crippen MR) is 80.9 cm³/mol. The number of halogens is 3. The SMILES string of the molecule is N#CC1=C([N+](=O)[O-])NC2OC[C@@H](OCc3ccc(OC(F)(F)F)cc3)CN12. The zero-order chi connectivity index (χ0) is 19.6. The van der Waals surface area contributed by atoms with E-state index < -0.39 is 29.6 Å². The first-order valence-corrected chi connectivity index (χ1v) is 7.66. The highest BCUT2D eigenvalue weighted by atomic mass is 19.4. The first-order chi connectivity index (χ1) is 12.8. The molecule has 2 aliphatic rings. The Morgan fingerprint density at radius 2 is 2.11 bits per heavy atom. The number of nitriles is 1. The second kappa shape index (κ2) is 7.29. The molecule has 12 heteroatoms. The highest BCUT2D eigenvalue weighted by Crippen LogP contribution is 2.26. The Labute approximate surface area is 150 Å². The number of hydrogen-bond acceptors (Lipinski definition) is 8. The topological polar surface area (TPSA) is 110 Å². The van der Waals surface area contributed by atoms with Gasteiger partial charge < -0.3 is 24.3 Å². The van der Waals surface area contributed by atoms with Crippen molar-refractivity contribution in [1.29, 1.82) is 5.26 Å². The molecule has 144 valence electrons. The summed E-state index contributed by atoms with van der Waals surface area (Å²) in [4.78, 5) is 11.7. The van der Waals surface area contributed by atoms with Gasteiger partial charge in [0.15, 0.2) is 0 Å². The van der Waals surface area contributed by atoms with E-state index in [0.717, 1.165) is 0 Å². The molecule has 0 aromatic heterocycles. The van der Waals surface area contributed by atoms with Crippen LogP contribution in [0, 0.1) is 21.4 Å². The monoisotopic (exact) mass is 386 g/mol. The molecule has 27 heavy (non-hydrogen) atoms. The smallest absolute Gasteiger partial charge is 0.406 e. The minimum atomic E-state index is -4.76. The van der Waals surface area contributed by atoms with Crippen molar-refractivity contribution in [2.45, 2.75) is 25.4 Å². The molecule has 1 saturated heterocycles. The molecule has 2 aliphatic heterocycles. The largest absolute Gasteiger partial charge is 0.573 e. The van der Waals surface area contributed by atoms with Gasteiger partial charge in [0.05, 0.1) is 25.9 Å². The Hall–Kier alpha value is -3.04. The van der Waals surface area contributed by atoms with Crippen LogP contribution < -0.4 is 10.1 Å². The molecule has 9 nitrogen and oxygen atoms in total. The van der Waals surface area contributed by atoms with Gasteiger partial charge in [0.25, 0.3) is 6.35 Å². The van der Waals surface area contributed by atoms with Crippen LogP contribution in [0.25, 0.3) is 0 Å². The first kappa shape index (κ1) is 18.7. The van der Waals surface area contributed by atoms with Crippen LogP contribution in [0.3, 0.4) is 0 Å². The summed E-state index contributed by atoms with van der Waals surface area (Å²) in [5, 5.41) is 22.6. The normalized spacial score (nSPS) is 22.1. The van der Waals surface area contributed by atoms with Crippen LogP contribution in [-0.4, -0.2) is 41.8 Å². The number of hydrogen-bond donors (Lipinski definition) is 1. The third-order valence-corrected chi connectivity index (χ3v) is 3.83. The molecule has 0 saturated carbocycles. The fraction of sp³-hybridized carbons (Fsp3) is 0.400. The molecule has 1 unspecified atom stereocenters. The van der Waals surface area contributed by atoms with E-state index in [2.05, 4.69) is 10.1 Å². The molecule has 2 heterocycles. The second-order valence-electron chi connectivity index (χ2n) is 5.67. The molecule has 1 N–H and O–H groups in total. The van der Waals surface area contributed by atoms with Crippen molar-refractivity contribution in [1.82, 2.24) is 10.2 Å². The van der Waals surface area contributed by atoms with Crippen molar-refractivity contribution in [2.24, 2.45) is 0 Å². The Bertz CT molecular complexity index is 790. The van der Waals surface area contributed by atoms with Crippen molar-refractivity contribution < 1.29 is 32.3 Å². The molecule has 0 radical (unpaired) electrons. The molecular formula is C15H13F3N4O5. The molecule has 0 bridgehead atoms. The molecule has 0 amide bonds. The number of nitro groups is 1. The van der Waals surface area contributed by atoms with Gasteiger partial charge in [0, 0.05) is 0 Å². The highest BCUT2D eigenvalue weighted by molar-refractivity contribution is 5.28. The molecule has 0 aliphatic carbocycles. The second-order valence-corrected chi connectivity index (χ2v) is 5.67. The lowest BCUT2D eigenvalue weighted by atomic mass is 10.2. The van der Waals surface area contributed by atoms with E-state index in [1.165, 1.54) is 29.2 Å². The summed E-state index contributed by atoms with van der Waals surface area (Å²) in [5.41, 5.74) is 0.458. The molecular weight excluding hydrogens is 373 g/mol. The van der Waals surface area contributed by atoms with Gasteiger partial charge >= 0.3 is 12.2 Å². The van der Waals surface area contributed by atoms with Gasteiger partial charge in [-0.1, -0.05) is 12.1 Å². The Morgan fingerprint density at radius 1 is 1.41 bits per heavy atom. The number of fused-ring (bicyclic) bond motifs is 1. The van der Waals surface area contributed by atoms with Crippen LogP contribution in [0.15, 0.2) is 35.8 Å². The van der Waals surface area contributed by atoms with Gasteiger partial charge in [-0.2, -0.15) is 5.26 Å². The zero-order valence-corrected chi connectivity index (χ0v) is 13.6. The summed E-state index contributed by atoms with van der Waals surface area (Å²) >= 11 is 0. The number of nitrogens with zero attached hydrogens (tertiary/aromatic N) is 3. The van der Waals surface area contributed by atoms with Gasteiger partial charge in [-0.3, -0.25) is 4.90 Å². The van der Waals surface area contributed by atoms with Crippen molar-refractivity contribution in [3.63, 3.8) is 0 Å². The van der Waals surface area contributed by atoms with Crippen LogP contribution in [0.5, 0.6) is 5.75 Å². The molecule has 0 spiro atoms. The van der Waals surface area contributed by atoms with Gasteiger partial charge in [-0.05, 0) is 22.6 Å². The Morgan fingerprint density at radius 3 is 2.70 bits per heavy atom. The van der Waals surface area contributed by atoms with E-state index in [4.69, 9.17) is 14.7 Å². The summed E-state index contributed by atoms with van der Waals surface area (Å²) in [6.45, 7) is 0.403. The van der Waals surface area contributed by atoms with Crippen molar-refractivity contribution >= 4 is 0 Å². The van der Waals surface area contributed by atoms with Gasteiger partial charge in [-0.15, -0.1) is 13.2 Å². The molecule has 3 rings (SSSR count).